The Morgan fingerprint density at radius 1 is 1.12 bits per heavy atom. The lowest BCUT2D eigenvalue weighted by Crippen LogP contribution is -2.46. The van der Waals surface area contributed by atoms with Gasteiger partial charge in [-0.2, -0.15) is 0 Å². The molecule has 0 bridgehead atoms. The Morgan fingerprint density at radius 2 is 1.88 bits per heavy atom. The fourth-order valence-corrected chi connectivity index (χ4v) is 4.82. The Bertz CT molecular complexity index is 742. The van der Waals surface area contributed by atoms with Crippen molar-refractivity contribution in [2.45, 2.75) is 57.2 Å². The fraction of sp³-hybridized carbons (Fsp3) is 0.750. The lowest BCUT2D eigenvalue weighted by atomic mass is 9.99. The fourth-order valence-electron chi connectivity index (χ4n) is 4.82. The first-order valence-corrected chi connectivity index (χ1v) is 12.4. The molecule has 0 saturated carbocycles. The Hall–Kier alpha value is -1.78. The average molecular weight is 464 g/mol. The van der Waals surface area contributed by atoms with Crippen LogP contribution in [0.15, 0.2) is 18.2 Å². The molecule has 0 aliphatic carbocycles. The molecule has 0 radical (unpaired) electrons. The highest BCUT2D eigenvalue weighted by atomic mass is 16.6. The van der Waals surface area contributed by atoms with E-state index < -0.39 is 0 Å². The van der Waals surface area contributed by atoms with Gasteiger partial charge in [0.1, 0.15) is 5.69 Å². The highest BCUT2D eigenvalue weighted by Gasteiger charge is 2.26. The van der Waals surface area contributed by atoms with Gasteiger partial charge in [-0.1, -0.05) is 18.9 Å². The zero-order chi connectivity index (χ0) is 23.6. The monoisotopic (exact) mass is 463 g/mol. The number of anilines is 1. The summed E-state index contributed by atoms with van der Waals surface area (Å²) in [5.74, 6) is 0. The van der Waals surface area contributed by atoms with Gasteiger partial charge in [0.25, 0.3) is 5.69 Å². The van der Waals surface area contributed by atoms with Crippen LogP contribution in [0.5, 0.6) is 0 Å². The maximum absolute atomic E-state index is 11.6. The van der Waals surface area contributed by atoms with Gasteiger partial charge in [0.05, 0.1) is 17.6 Å². The van der Waals surface area contributed by atoms with Crippen molar-refractivity contribution in [3.05, 3.63) is 33.9 Å². The van der Waals surface area contributed by atoms with E-state index in [-0.39, 0.29) is 29.4 Å². The molecule has 0 spiro atoms. The van der Waals surface area contributed by atoms with E-state index in [1.165, 1.54) is 0 Å². The summed E-state index contributed by atoms with van der Waals surface area (Å²) in [4.78, 5) is 18.3. The van der Waals surface area contributed by atoms with Crippen LogP contribution >= 0.6 is 0 Å². The van der Waals surface area contributed by atoms with Crippen molar-refractivity contribution in [1.82, 2.24) is 14.7 Å². The number of aliphatic hydroxyl groups excluding tert-OH is 2. The van der Waals surface area contributed by atoms with Crippen LogP contribution in [-0.4, -0.2) is 101 Å². The minimum Gasteiger partial charge on any atom is -0.395 e. The Morgan fingerprint density at radius 3 is 2.61 bits per heavy atom. The predicted molar refractivity (Wildman–Crippen MR) is 131 cm³/mol. The number of rotatable bonds is 12. The number of nitrogens with one attached hydrogen (secondary N) is 1. The van der Waals surface area contributed by atoms with Crippen molar-refractivity contribution in [3.8, 4) is 0 Å². The number of hydrogen-bond acceptors (Lipinski definition) is 8. The van der Waals surface area contributed by atoms with Gasteiger partial charge in [0.2, 0.25) is 0 Å². The molecular formula is C24H41N5O4. The van der Waals surface area contributed by atoms with Gasteiger partial charge in [0.15, 0.2) is 0 Å². The number of nitrogens with zero attached hydrogens (tertiary/aromatic N) is 4. The largest absolute Gasteiger partial charge is 0.395 e. The van der Waals surface area contributed by atoms with Crippen LogP contribution in [0.2, 0.25) is 0 Å². The van der Waals surface area contributed by atoms with E-state index in [1.54, 1.807) is 6.07 Å². The summed E-state index contributed by atoms with van der Waals surface area (Å²) >= 11 is 0. The molecule has 0 amide bonds. The molecule has 2 aliphatic heterocycles. The number of nitro benzene ring substituents is 1. The first kappa shape index (κ1) is 25.8. The molecule has 1 aromatic carbocycles. The maximum atomic E-state index is 11.6. The molecule has 0 aromatic heterocycles. The number of unbranched alkanes of at least 4 members (excludes halogenated alkanes) is 3. The van der Waals surface area contributed by atoms with Gasteiger partial charge < -0.3 is 20.4 Å². The first-order chi connectivity index (χ1) is 16.0. The van der Waals surface area contributed by atoms with Crippen molar-refractivity contribution >= 4 is 11.4 Å². The highest BCUT2D eigenvalue weighted by Crippen LogP contribution is 2.26. The van der Waals surface area contributed by atoms with Gasteiger partial charge >= 0.3 is 0 Å². The molecule has 1 aromatic rings. The summed E-state index contributed by atoms with van der Waals surface area (Å²) in [5.41, 5.74) is 1.74. The molecule has 2 aliphatic rings. The number of likely N-dealkylation sites (tertiary alicyclic amines) is 1. The summed E-state index contributed by atoms with van der Waals surface area (Å²) < 4.78 is 0. The van der Waals surface area contributed by atoms with E-state index >= 15 is 0 Å². The number of aliphatic hydroxyl groups is 2. The minimum atomic E-state index is -0.289. The summed E-state index contributed by atoms with van der Waals surface area (Å²) in [6.45, 7) is 7.42. The molecule has 2 saturated heterocycles. The lowest BCUT2D eigenvalue weighted by Gasteiger charge is -2.36. The van der Waals surface area contributed by atoms with Crippen molar-refractivity contribution in [3.63, 3.8) is 0 Å². The first-order valence-electron chi connectivity index (χ1n) is 12.4. The molecule has 2 atom stereocenters. The van der Waals surface area contributed by atoms with Crippen LogP contribution < -0.4 is 5.32 Å². The Balaban J connectivity index is 1.36. The van der Waals surface area contributed by atoms with Gasteiger partial charge in [-0.25, -0.2) is 0 Å². The van der Waals surface area contributed by atoms with Crippen molar-refractivity contribution in [2.75, 3.05) is 64.8 Å². The number of nitro groups is 1. The second-order valence-corrected chi connectivity index (χ2v) is 9.58. The van der Waals surface area contributed by atoms with E-state index in [2.05, 4.69) is 27.1 Å². The quantitative estimate of drug-likeness (QED) is 0.246. The van der Waals surface area contributed by atoms with Crippen LogP contribution in [0.25, 0.3) is 0 Å². The van der Waals surface area contributed by atoms with Crippen LogP contribution in [0.3, 0.4) is 0 Å². The Labute approximate surface area is 197 Å². The van der Waals surface area contributed by atoms with Crippen LogP contribution in [0.4, 0.5) is 11.4 Å². The molecular weight excluding hydrogens is 422 g/mol. The van der Waals surface area contributed by atoms with E-state index in [0.717, 1.165) is 83.5 Å². The zero-order valence-corrected chi connectivity index (χ0v) is 20.0. The zero-order valence-electron chi connectivity index (χ0n) is 20.0. The smallest absolute Gasteiger partial charge is 0.292 e. The average Bonchev–Trinajstić information content (AvgIpc) is 2.81. The maximum Gasteiger partial charge on any atom is 0.292 e. The molecule has 2 heterocycles. The molecule has 3 N–H and O–H groups in total. The third kappa shape index (κ3) is 8.19. The van der Waals surface area contributed by atoms with Crippen molar-refractivity contribution in [2.24, 2.45) is 0 Å². The van der Waals surface area contributed by atoms with Gasteiger partial charge in [-0.15, -0.1) is 0 Å². The molecule has 2 unspecified atom stereocenters. The normalized spacial score (nSPS) is 23.0. The molecule has 9 heteroatoms. The van der Waals surface area contributed by atoms with Crippen LogP contribution in [0, 0.1) is 10.1 Å². The van der Waals surface area contributed by atoms with Crippen molar-refractivity contribution < 1.29 is 15.1 Å². The van der Waals surface area contributed by atoms with Crippen LogP contribution in [0.1, 0.15) is 44.1 Å². The van der Waals surface area contributed by atoms with Gasteiger partial charge in [-0.05, 0) is 50.9 Å². The van der Waals surface area contributed by atoms with Gasteiger partial charge in [0, 0.05) is 57.9 Å². The highest BCUT2D eigenvalue weighted by molar-refractivity contribution is 5.62. The lowest BCUT2D eigenvalue weighted by molar-refractivity contribution is -0.384. The number of piperazine rings is 1. The second kappa shape index (κ2) is 13.2. The topological polar surface area (TPSA) is 105 Å². The minimum absolute atomic E-state index is 0.0789. The summed E-state index contributed by atoms with van der Waals surface area (Å²) in [6, 6.07) is 5.65. The van der Waals surface area contributed by atoms with Crippen LogP contribution in [-0.2, 0) is 6.54 Å². The molecule has 33 heavy (non-hydrogen) atoms. The third-order valence-corrected chi connectivity index (χ3v) is 6.97. The Kier molecular flexibility index (Phi) is 10.3. The van der Waals surface area contributed by atoms with E-state index in [9.17, 15) is 20.3 Å². The number of hydrogen-bond donors (Lipinski definition) is 3. The summed E-state index contributed by atoms with van der Waals surface area (Å²) in [5, 5.41) is 34.1. The third-order valence-electron chi connectivity index (χ3n) is 6.97. The molecule has 2 fully saturated rings. The molecule has 186 valence electrons. The molecule has 3 rings (SSSR count). The summed E-state index contributed by atoms with van der Waals surface area (Å²) in [7, 11) is 2.12. The van der Waals surface area contributed by atoms with E-state index in [4.69, 9.17) is 0 Å². The number of benzene rings is 1. The van der Waals surface area contributed by atoms with E-state index in [1.807, 2.05) is 12.1 Å². The van der Waals surface area contributed by atoms with E-state index in [0.29, 0.717) is 18.7 Å². The number of piperidine rings is 1. The van der Waals surface area contributed by atoms with Gasteiger partial charge in [-0.3, -0.25) is 19.9 Å². The summed E-state index contributed by atoms with van der Waals surface area (Å²) in [6.07, 6.45) is 5.33. The SMILES string of the molecule is CN1CCN(Cc2ccc(NCCCCCCN3CCC(O)CC3CO)c([N+](=O)[O-])c2)CC1. The molecule has 9 nitrogen and oxygen atoms in total. The second-order valence-electron chi connectivity index (χ2n) is 9.58. The standard InChI is InChI=1S/C24H41N5O4/c1-26-12-14-27(15-13-26)18-20-6-7-23(24(16-20)29(32)33)25-9-4-2-3-5-10-28-11-8-22(31)17-21(28)19-30/h6-7,16,21-22,25,30-31H,2-5,8-15,17-19H2,1H3. The number of likely N-dealkylation sites (N-methyl/N-ethyl adjacent to an activating group) is 1. The van der Waals surface area contributed by atoms with Crippen molar-refractivity contribution in [1.29, 1.82) is 0 Å². The predicted octanol–water partition coefficient (Wildman–Crippen LogP) is 2.13.